The van der Waals surface area contributed by atoms with E-state index in [0.29, 0.717) is 12.1 Å². The van der Waals surface area contributed by atoms with Gasteiger partial charge in [0.2, 0.25) is 5.91 Å². The highest BCUT2D eigenvalue weighted by molar-refractivity contribution is 5.84. The van der Waals surface area contributed by atoms with E-state index in [9.17, 15) is 4.79 Å². The molecule has 0 aliphatic carbocycles. The van der Waals surface area contributed by atoms with Crippen LogP contribution in [0.1, 0.15) is 77.5 Å². The molecule has 186 valence electrons. The van der Waals surface area contributed by atoms with E-state index >= 15 is 0 Å². The maximum absolute atomic E-state index is 12.8. The van der Waals surface area contributed by atoms with Gasteiger partial charge in [-0.05, 0) is 58.8 Å². The molecule has 5 heterocycles. The first-order valence-corrected chi connectivity index (χ1v) is 13.6. The van der Waals surface area contributed by atoms with Crippen LogP contribution in [0.3, 0.4) is 0 Å². The molecule has 0 spiro atoms. The summed E-state index contributed by atoms with van der Waals surface area (Å²) < 4.78 is 2.29. The Bertz CT molecular complexity index is 971. The summed E-state index contributed by atoms with van der Waals surface area (Å²) in [4.78, 5) is 31.9. The number of likely N-dealkylation sites (tertiary alicyclic amines) is 1. The van der Waals surface area contributed by atoms with Gasteiger partial charge in [-0.25, -0.2) is 15.0 Å². The molecule has 5 rings (SSSR count). The largest absolute Gasteiger partial charge is 0.356 e. The zero-order valence-corrected chi connectivity index (χ0v) is 21.0. The van der Waals surface area contributed by atoms with Crippen molar-refractivity contribution in [3.63, 3.8) is 0 Å². The van der Waals surface area contributed by atoms with E-state index in [1.165, 1.54) is 38.5 Å². The molecule has 0 bridgehead atoms. The zero-order chi connectivity index (χ0) is 23.5. The predicted octanol–water partition coefficient (Wildman–Crippen LogP) is 3.54. The summed E-state index contributed by atoms with van der Waals surface area (Å²) in [5.74, 6) is 2.41. The fraction of sp³-hybridized carbons (Fsp3) is 0.769. The van der Waals surface area contributed by atoms with Gasteiger partial charge in [0.1, 0.15) is 12.2 Å². The number of aromatic nitrogens is 4. The molecule has 2 atom stereocenters. The van der Waals surface area contributed by atoms with Crippen LogP contribution < -0.4 is 10.2 Å². The number of nitrogens with zero attached hydrogens (tertiary/aromatic N) is 6. The lowest BCUT2D eigenvalue weighted by Gasteiger charge is -2.39. The number of anilines is 1. The Hall–Kier alpha value is -2.22. The van der Waals surface area contributed by atoms with Crippen LogP contribution in [0, 0.1) is 5.92 Å². The summed E-state index contributed by atoms with van der Waals surface area (Å²) in [6, 6.07) is 1.34. The lowest BCUT2D eigenvalue weighted by atomic mass is 9.95. The molecule has 0 unspecified atom stereocenters. The van der Waals surface area contributed by atoms with Gasteiger partial charge in [-0.15, -0.1) is 0 Å². The maximum atomic E-state index is 12.8. The highest BCUT2D eigenvalue weighted by Crippen LogP contribution is 2.29. The Morgan fingerprint density at radius 1 is 1.00 bits per heavy atom. The Balaban J connectivity index is 1.12. The Morgan fingerprint density at radius 3 is 2.59 bits per heavy atom. The van der Waals surface area contributed by atoms with E-state index in [1.54, 1.807) is 6.33 Å². The average molecular weight is 468 g/mol. The Kier molecular flexibility index (Phi) is 7.32. The average Bonchev–Trinajstić information content (AvgIpc) is 3.04. The molecule has 0 saturated carbocycles. The van der Waals surface area contributed by atoms with Crippen LogP contribution >= 0.6 is 0 Å². The lowest BCUT2D eigenvalue weighted by molar-refractivity contribution is -0.125. The van der Waals surface area contributed by atoms with Crippen LogP contribution in [-0.4, -0.2) is 68.6 Å². The number of carbonyl (C=O) groups excluding carboxylic acids is 1. The SMILES string of the molecule is C[C@@H]1CCC[C@@H](C)N1CCCNC(=O)C1CCN(c2ncnc3c2nc2n3CCCCC2)CC1. The molecule has 34 heavy (non-hydrogen) atoms. The number of hydrogen-bond acceptors (Lipinski definition) is 6. The van der Waals surface area contributed by atoms with Crippen molar-refractivity contribution in [1.82, 2.24) is 29.7 Å². The quantitative estimate of drug-likeness (QED) is 0.655. The minimum atomic E-state index is 0.0973. The van der Waals surface area contributed by atoms with Gasteiger partial charge in [0.05, 0.1) is 0 Å². The fourth-order valence-corrected chi connectivity index (χ4v) is 6.24. The predicted molar refractivity (Wildman–Crippen MR) is 135 cm³/mol. The van der Waals surface area contributed by atoms with E-state index in [-0.39, 0.29) is 11.8 Å². The smallest absolute Gasteiger partial charge is 0.223 e. The zero-order valence-electron chi connectivity index (χ0n) is 21.0. The van der Waals surface area contributed by atoms with Gasteiger partial charge < -0.3 is 14.8 Å². The number of carbonyl (C=O) groups is 1. The van der Waals surface area contributed by atoms with Gasteiger partial charge in [-0.3, -0.25) is 9.69 Å². The maximum Gasteiger partial charge on any atom is 0.223 e. The Labute approximate surface area is 203 Å². The summed E-state index contributed by atoms with van der Waals surface area (Å²) in [6.45, 7) is 9.23. The van der Waals surface area contributed by atoms with Crippen molar-refractivity contribution in [3.8, 4) is 0 Å². The van der Waals surface area contributed by atoms with Crippen LogP contribution in [0.5, 0.6) is 0 Å². The van der Waals surface area contributed by atoms with Crippen molar-refractivity contribution in [3.05, 3.63) is 12.2 Å². The second-order valence-corrected chi connectivity index (χ2v) is 10.6. The molecular weight excluding hydrogens is 426 g/mol. The van der Waals surface area contributed by atoms with E-state index in [1.807, 2.05) is 0 Å². The van der Waals surface area contributed by atoms with Gasteiger partial charge >= 0.3 is 0 Å². The molecule has 8 heteroatoms. The van der Waals surface area contributed by atoms with Crippen molar-refractivity contribution in [2.75, 3.05) is 31.1 Å². The first-order chi connectivity index (χ1) is 16.6. The third-order valence-corrected chi connectivity index (χ3v) is 8.31. The molecule has 1 N–H and O–H groups in total. The third kappa shape index (κ3) is 4.92. The minimum Gasteiger partial charge on any atom is -0.356 e. The highest BCUT2D eigenvalue weighted by Gasteiger charge is 2.28. The summed E-state index contributed by atoms with van der Waals surface area (Å²) in [6.07, 6.45) is 13.1. The number of aryl methyl sites for hydroxylation is 2. The topological polar surface area (TPSA) is 79.2 Å². The summed E-state index contributed by atoms with van der Waals surface area (Å²) in [5.41, 5.74) is 1.91. The van der Waals surface area contributed by atoms with E-state index < -0.39 is 0 Å². The van der Waals surface area contributed by atoms with Crippen LogP contribution in [-0.2, 0) is 17.8 Å². The van der Waals surface area contributed by atoms with Gasteiger partial charge in [0, 0.05) is 57.1 Å². The lowest BCUT2D eigenvalue weighted by Crippen LogP contribution is -2.45. The number of amides is 1. The summed E-state index contributed by atoms with van der Waals surface area (Å²) in [7, 11) is 0. The first-order valence-electron chi connectivity index (χ1n) is 13.6. The second kappa shape index (κ2) is 10.6. The van der Waals surface area contributed by atoms with Gasteiger partial charge in [-0.2, -0.15) is 0 Å². The Morgan fingerprint density at radius 2 is 1.79 bits per heavy atom. The summed E-state index contributed by atoms with van der Waals surface area (Å²) in [5, 5.41) is 3.22. The molecule has 0 aromatic carbocycles. The van der Waals surface area contributed by atoms with E-state index in [4.69, 9.17) is 4.98 Å². The van der Waals surface area contributed by atoms with Gasteiger partial charge in [0.15, 0.2) is 17.0 Å². The van der Waals surface area contributed by atoms with Crippen molar-refractivity contribution in [1.29, 1.82) is 0 Å². The number of hydrogen-bond donors (Lipinski definition) is 1. The monoisotopic (exact) mass is 467 g/mol. The number of nitrogens with one attached hydrogen (secondary N) is 1. The van der Waals surface area contributed by atoms with Crippen molar-refractivity contribution in [2.45, 2.75) is 96.7 Å². The van der Waals surface area contributed by atoms with Crippen molar-refractivity contribution >= 4 is 22.9 Å². The molecule has 2 saturated heterocycles. The molecule has 2 fully saturated rings. The normalized spacial score (nSPS) is 24.7. The number of piperidine rings is 2. The van der Waals surface area contributed by atoms with E-state index in [0.717, 1.165) is 81.2 Å². The van der Waals surface area contributed by atoms with Gasteiger partial charge in [0.25, 0.3) is 0 Å². The number of rotatable bonds is 6. The molecule has 0 radical (unpaired) electrons. The van der Waals surface area contributed by atoms with Crippen LogP contribution in [0.25, 0.3) is 11.2 Å². The molecule has 3 aliphatic heterocycles. The number of imidazole rings is 1. The second-order valence-electron chi connectivity index (χ2n) is 10.6. The highest BCUT2D eigenvalue weighted by atomic mass is 16.1. The summed E-state index contributed by atoms with van der Waals surface area (Å²) >= 11 is 0. The fourth-order valence-electron chi connectivity index (χ4n) is 6.24. The van der Waals surface area contributed by atoms with Crippen LogP contribution in [0.4, 0.5) is 5.82 Å². The van der Waals surface area contributed by atoms with Crippen LogP contribution in [0.15, 0.2) is 6.33 Å². The standard InChI is InChI=1S/C26H41N7O/c1-19-8-6-9-20(2)32(19)15-7-13-27-26(34)21-11-16-31(17-12-21)24-23-25(29-18-28-24)33-14-5-3-4-10-22(33)30-23/h18-21H,3-17H2,1-2H3,(H,27,34)/t19-,20-/m1/s1. The molecule has 2 aromatic rings. The molecule has 1 amide bonds. The van der Waals surface area contributed by atoms with E-state index in [2.05, 4.69) is 43.5 Å². The molecule has 2 aromatic heterocycles. The third-order valence-electron chi connectivity index (χ3n) is 8.31. The van der Waals surface area contributed by atoms with Gasteiger partial charge in [-0.1, -0.05) is 12.8 Å². The minimum absolute atomic E-state index is 0.0973. The van der Waals surface area contributed by atoms with Crippen molar-refractivity contribution < 1.29 is 4.79 Å². The number of fused-ring (bicyclic) bond motifs is 3. The van der Waals surface area contributed by atoms with Crippen LogP contribution in [0.2, 0.25) is 0 Å². The first kappa shape index (κ1) is 23.5. The molecular formula is C26H41N7O. The van der Waals surface area contributed by atoms with Crippen molar-refractivity contribution in [2.24, 2.45) is 5.92 Å². The molecule has 8 nitrogen and oxygen atoms in total. The molecule has 3 aliphatic rings.